The van der Waals surface area contributed by atoms with Crippen molar-refractivity contribution in [2.24, 2.45) is 0 Å². The van der Waals surface area contributed by atoms with Gasteiger partial charge >= 0.3 is 5.97 Å². The fourth-order valence-corrected chi connectivity index (χ4v) is 2.19. The predicted molar refractivity (Wildman–Crippen MR) is 91.0 cm³/mol. The molecule has 132 valence electrons. The first-order chi connectivity index (χ1) is 12.0. The van der Waals surface area contributed by atoms with Crippen molar-refractivity contribution in [1.29, 1.82) is 0 Å². The molecule has 0 fully saturated rings. The maximum atomic E-state index is 12.3. The molecule has 0 saturated heterocycles. The second kappa shape index (κ2) is 8.23. The molecule has 1 heterocycles. The van der Waals surface area contributed by atoms with Gasteiger partial charge in [-0.2, -0.15) is 5.10 Å². The van der Waals surface area contributed by atoms with Gasteiger partial charge in [-0.05, 0) is 43.7 Å². The van der Waals surface area contributed by atoms with Crippen LogP contribution in [0.3, 0.4) is 0 Å². The fraction of sp³-hybridized carbons (Fsp3) is 0.333. The zero-order valence-corrected chi connectivity index (χ0v) is 14.4. The molecule has 0 aliphatic heterocycles. The number of nitrogens with zero attached hydrogens (tertiary/aromatic N) is 2. The Labute approximate surface area is 145 Å². The lowest BCUT2D eigenvalue weighted by Crippen LogP contribution is -2.28. The van der Waals surface area contributed by atoms with Crippen LogP contribution in [-0.2, 0) is 11.3 Å². The Kier molecular flexibility index (Phi) is 6.05. The summed E-state index contributed by atoms with van der Waals surface area (Å²) in [5, 5.41) is 3.97. The molecule has 0 aliphatic carbocycles. The largest absolute Gasteiger partial charge is 0.497 e. The lowest BCUT2D eigenvalue weighted by molar-refractivity contribution is 0.0310. The number of methoxy groups -OCH3 is 1. The lowest BCUT2D eigenvalue weighted by Gasteiger charge is -2.13. The van der Waals surface area contributed by atoms with Crippen LogP contribution in [0.4, 0.5) is 0 Å². The van der Waals surface area contributed by atoms with Crippen molar-refractivity contribution in [2.45, 2.75) is 32.9 Å². The normalized spacial score (nSPS) is 11.6. The Bertz CT molecular complexity index is 811. The topological polar surface area (TPSA) is 87.5 Å². The Balaban J connectivity index is 2.09. The molecule has 2 rings (SSSR count). The molecule has 0 bridgehead atoms. The van der Waals surface area contributed by atoms with E-state index in [9.17, 15) is 14.4 Å². The minimum absolute atomic E-state index is 0.0116. The van der Waals surface area contributed by atoms with Gasteiger partial charge in [-0.1, -0.05) is 6.92 Å². The van der Waals surface area contributed by atoms with Gasteiger partial charge in [-0.15, -0.1) is 0 Å². The van der Waals surface area contributed by atoms with E-state index in [0.717, 1.165) is 0 Å². The second-order valence-electron chi connectivity index (χ2n) is 5.42. The van der Waals surface area contributed by atoms with Crippen molar-refractivity contribution in [3.05, 3.63) is 58.0 Å². The average Bonchev–Trinajstić information content (AvgIpc) is 2.63. The van der Waals surface area contributed by atoms with Crippen molar-refractivity contribution in [1.82, 2.24) is 9.78 Å². The Hall–Kier alpha value is -2.96. The fourth-order valence-electron chi connectivity index (χ4n) is 2.19. The van der Waals surface area contributed by atoms with Crippen molar-refractivity contribution < 1.29 is 19.1 Å². The molecule has 1 aromatic carbocycles. The number of ketones is 1. The molecule has 2 aromatic rings. The zero-order valence-electron chi connectivity index (χ0n) is 14.4. The van der Waals surface area contributed by atoms with Gasteiger partial charge in [-0.3, -0.25) is 9.59 Å². The maximum Gasteiger partial charge on any atom is 0.359 e. The number of esters is 1. The van der Waals surface area contributed by atoms with E-state index in [4.69, 9.17) is 9.47 Å². The van der Waals surface area contributed by atoms with Crippen molar-refractivity contribution in [3.63, 3.8) is 0 Å². The van der Waals surface area contributed by atoms with E-state index >= 15 is 0 Å². The molecule has 0 aliphatic rings. The van der Waals surface area contributed by atoms with Crippen LogP contribution >= 0.6 is 0 Å². The SMILES string of the molecule is CCCn1nc(C(=O)O[C@H](C)C(=O)c2ccc(OC)cc2)ccc1=O. The molecular weight excluding hydrogens is 324 g/mol. The third-order valence-corrected chi connectivity index (χ3v) is 3.54. The Morgan fingerprint density at radius 3 is 2.44 bits per heavy atom. The quantitative estimate of drug-likeness (QED) is 0.564. The summed E-state index contributed by atoms with van der Waals surface area (Å²) < 4.78 is 11.4. The number of carbonyl (C=O) groups is 2. The Morgan fingerprint density at radius 1 is 1.16 bits per heavy atom. The van der Waals surface area contributed by atoms with Crippen molar-refractivity contribution in [3.8, 4) is 5.75 Å². The zero-order chi connectivity index (χ0) is 18.4. The summed E-state index contributed by atoms with van der Waals surface area (Å²) in [4.78, 5) is 36.2. The number of aromatic nitrogens is 2. The van der Waals surface area contributed by atoms with Gasteiger partial charge in [0.2, 0.25) is 5.78 Å². The van der Waals surface area contributed by atoms with Gasteiger partial charge in [0.05, 0.1) is 7.11 Å². The highest BCUT2D eigenvalue weighted by atomic mass is 16.5. The van der Waals surface area contributed by atoms with Crippen LogP contribution in [0.2, 0.25) is 0 Å². The number of benzene rings is 1. The molecule has 25 heavy (non-hydrogen) atoms. The number of ether oxygens (including phenoxy) is 2. The number of rotatable bonds is 7. The molecule has 0 unspecified atom stereocenters. The van der Waals surface area contributed by atoms with Gasteiger partial charge in [0, 0.05) is 18.2 Å². The van der Waals surface area contributed by atoms with Crippen LogP contribution in [0.25, 0.3) is 0 Å². The molecule has 1 aromatic heterocycles. The third kappa shape index (κ3) is 4.53. The first-order valence-corrected chi connectivity index (χ1v) is 7.93. The minimum Gasteiger partial charge on any atom is -0.497 e. The van der Waals surface area contributed by atoms with E-state index < -0.39 is 12.1 Å². The summed E-state index contributed by atoms with van der Waals surface area (Å²) in [7, 11) is 1.53. The van der Waals surface area contributed by atoms with Crippen LogP contribution in [0.5, 0.6) is 5.75 Å². The van der Waals surface area contributed by atoms with Gasteiger partial charge in [0.1, 0.15) is 5.75 Å². The van der Waals surface area contributed by atoms with Crippen LogP contribution < -0.4 is 10.3 Å². The molecule has 0 spiro atoms. The maximum absolute atomic E-state index is 12.3. The van der Waals surface area contributed by atoms with Crippen LogP contribution in [-0.4, -0.2) is 34.7 Å². The molecule has 7 heteroatoms. The van der Waals surface area contributed by atoms with E-state index in [1.807, 2.05) is 6.92 Å². The number of carbonyl (C=O) groups excluding carboxylic acids is 2. The first kappa shape index (κ1) is 18.4. The highest BCUT2D eigenvalue weighted by Crippen LogP contribution is 2.14. The molecule has 0 saturated carbocycles. The number of hydrogen-bond donors (Lipinski definition) is 0. The van der Waals surface area contributed by atoms with Crippen LogP contribution in [0, 0.1) is 0 Å². The standard InChI is InChI=1S/C18H20N2O5/c1-4-11-20-16(21)10-9-15(19-20)18(23)25-12(2)17(22)13-5-7-14(24-3)8-6-13/h5-10,12H,4,11H2,1-3H3/t12-/m1/s1. The van der Waals surface area contributed by atoms with Crippen LogP contribution in [0.1, 0.15) is 41.1 Å². The summed E-state index contributed by atoms with van der Waals surface area (Å²) >= 11 is 0. The third-order valence-electron chi connectivity index (χ3n) is 3.54. The smallest absolute Gasteiger partial charge is 0.359 e. The Morgan fingerprint density at radius 2 is 1.84 bits per heavy atom. The first-order valence-electron chi connectivity index (χ1n) is 7.93. The summed E-state index contributed by atoms with van der Waals surface area (Å²) in [5.41, 5.74) is 0.105. The lowest BCUT2D eigenvalue weighted by atomic mass is 10.1. The average molecular weight is 344 g/mol. The predicted octanol–water partition coefficient (Wildman–Crippen LogP) is 2.09. The molecular formula is C18H20N2O5. The molecule has 7 nitrogen and oxygen atoms in total. The number of hydrogen-bond acceptors (Lipinski definition) is 6. The summed E-state index contributed by atoms with van der Waals surface area (Å²) in [6.45, 7) is 3.79. The molecule has 0 amide bonds. The number of aryl methyl sites for hydroxylation is 1. The minimum atomic E-state index is -0.978. The summed E-state index contributed by atoms with van der Waals surface area (Å²) in [5.74, 6) is -0.458. The highest BCUT2D eigenvalue weighted by Gasteiger charge is 2.21. The van der Waals surface area contributed by atoms with Gasteiger partial charge < -0.3 is 9.47 Å². The van der Waals surface area contributed by atoms with E-state index in [0.29, 0.717) is 24.3 Å². The van der Waals surface area contributed by atoms with Crippen molar-refractivity contribution >= 4 is 11.8 Å². The summed E-state index contributed by atoms with van der Waals surface area (Å²) in [6, 6.07) is 9.07. The monoisotopic (exact) mass is 344 g/mol. The van der Waals surface area contributed by atoms with E-state index in [1.54, 1.807) is 24.3 Å². The number of Topliss-reactive ketones (excluding diaryl/α,β-unsaturated/α-hetero) is 1. The van der Waals surface area contributed by atoms with Gasteiger partial charge in [0.25, 0.3) is 5.56 Å². The van der Waals surface area contributed by atoms with Gasteiger partial charge in [-0.25, -0.2) is 9.48 Å². The molecule has 0 N–H and O–H groups in total. The van der Waals surface area contributed by atoms with E-state index in [-0.39, 0.29) is 17.0 Å². The van der Waals surface area contributed by atoms with E-state index in [1.165, 1.54) is 30.8 Å². The van der Waals surface area contributed by atoms with Gasteiger partial charge in [0.15, 0.2) is 11.8 Å². The molecule has 1 atom stereocenters. The van der Waals surface area contributed by atoms with E-state index in [2.05, 4.69) is 5.10 Å². The molecule has 0 radical (unpaired) electrons. The second-order valence-corrected chi connectivity index (χ2v) is 5.42. The highest BCUT2D eigenvalue weighted by molar-refractivity contribution is 6.01. The van der Waals surface area contributed by atoms with Crippen molar-refractivity contribution in [2.75, 3.05) is 7.11 Å². The summed E-state index contributed by atoms with van der Waals surface area (Å²) in [6.07, 6.45) is -0.271. The van der Waals surface area contributed by atoms with Crippen LogP contribution in [0.15, 0.2) is 41.2 Å².